The average Bonchev–Trinajstić information content (AvgIpc) is 2.62. The van der Waals surface area contributed by atoms with Crippen molar-refractivity contribution in [2.24, 2.45) is 29.4 Å². The van der Waals surface area contributed by atoms with Crippen molar-refractivity contribution in [3.63, 3.8) is 0 Å². The molecule has 0 radical (unpaired) electrons. The summed E-state index contributed by atoms with van der Waals surface area (Å²) in [5.74, 6) is 3.59. The molecule has 2 aliphatic rings. The van der Waals surface area contributed by atoms with Crippen molar-refractivity contribution in [3.8, 4) is 0 Å². The normalized spacial score (nSPS) is 41.2. The summed E-state index contributed by atoms with van der Waals surface area (Å²) >= 11 is 0. The SMILES string of the molecule is CCC1CCC(C2(N)CCCC(C(C)C)CC2)CC1. The Morgan fingerprint density at radius 1 is 1.00 bits per heavy atom. The van der Waals surface area contributed by atoms with Crippen LogP contribution in [0.5, 0.6) is 0 Å². The molecule has 0 heterocycles. The second-order valence-electron chi connectivity index (χ2n) is 7.79. The lowest BCUT2D eigenvalue weighted by atomic mass is 9.68. The molecule has 0 amide bonds. The van der Waals surface area contributed by atoms with Crippen LogP contribution in [-0.2, 0) is 0 Å². The summed E-state index contributed by atoms with van der Waals surface area (Å²) in [6.45, 7) is 7.13. The van der Waals surface area contributed by atoms with E-state index in [1.54, 1.807) is 0 Å². The molecule has 2 fully saturated rings. The van der Waals surface area contributed by atoms with E-state index in [1.807, 2.05) is 0 Å². The van der Waals surface area contributed by atoms with Crippen molar-refractivity contribution in [2.75, 3.05) is 0 Å². The Hall–Kier alpha value is -0.0400. The van der Waals surface area contributed by atoms with Crippen molar-refractivity contribution in [3.05, 3.63) is 0 Å². The van der Waals surface area contributed by atoms with Crippen molar-refractivity contribution in [1.82, 2.24) is 0 Å². The largest absolute Gasteiger partial charge is 0.325 e. The van der Waals surface area contributed by atoms with E-state index in [0.29, 0.717) is 0 Å². The zero-order chi connectivity index (χ0) is 13.9. The van der Waals surface area contributed by atoms with Crippen molar-refractivity contribution in [1.29, 1.82) is 0 Å². The average molecular weight is 265 g/mol. The van der Waals surface area contributed by atoms with Crippen LogP contribution in [0.1, 0.15) is 85.0 Å². The Bertz CT molecular complexity index is 265. The highest BCUT2D eigenvalue weighted by atomic mass is 14.8. The quantitative estimate of drug-likeness (QED) is 0.703. The van der Waals surface area contributed by atoms with Gasteiger partial charge in [0, 0.05) is 5.54 Å². The molecule has 0 saturated heterocycles. The summed E-state index contributed by atoms with van der Waals surface area (Å²) in [6.07, 6.45) is 13.8. The zero-order valence-electron chi connectivity index (χ0n) is 13.5. The van der Waals surface area contributed by atoms with Gasteiger partial charge in [0.15, 0.2) is 0 Å². The molecule has 2 rings (SSSR count). The van der Waals surface area contributed by atoms with Crippen LogP contribution in [0.25, 0.3) is 0 Å². The van der Waals surface area contributed by atoms with Crippen LogP contribution >= 0.6 is 0 Å². The highest BCUT2D eigenvalue weighted by molar-refractivity contribution is 4.95. The summed E-state index contributed by atoms with van der Waals surface area (Å²) in [7, 11) is 0. The third-order valence-electron chi connectivity index (χ3n) is 6.38. The number of hydrogen-bond acceptors (Lipinski definition) is 1. The van der Waals surface area contributed by atoms with E-state index in [2.05, 4.69) is 20.8 Å². The first-order valence-electron chi connectivity index (χ1n) is 8.84. The maximum atomic E-state index is 6.88. The van der Waals surface area contributed by atoms with E-state index in [4.69, 9.17) is 5.73 Å². The zero-order valence-corrected chi connectivity index (χ0v) is 13.5. The van der Waals surface area contributed by atoms with Gasteiger partial charge in [-0.2, -0.15) is 0 Å². The van der Waals surface area contributed by atoms with Crippen LogP contribution in [0.3, 0.4) is 0 Å². The predicted molar refractivity (Wildman–Crippen MR) is 84.1 cm³/mol. The molecule has 2 aliphatic carbocycles. The maximum absolute atomic E-state index is 6.88. The molecule has 2 atom stereocenters. The molecule has 0 aliphatic heterocycles. The standard InChI is InChI=1S/C18H35N/c1-4-15-7-9-17(10-8-15)18(19)12-5-6-16(11-13-18)14(2)3/h14-17H,4-13,19H2,1-3H3. The number of nitrogens with two attached hydrogens (primary N) is 1. The van der Waals surface area contributed by atoms with E-state index in [-0.39, 0.29) is 5.54 Å². The minimum atomic E-state index is 0.183. The Kier molecular flexibility index (Phi) is 5.34. The molecule has 2 saturated carbocycles. The molecule has 1 nitrogen and oxygen atoms in total. The molecule has 0 aromatic carbocycles. The van der Waals surface area contributed by atoms with Crippen LogP contribution < -0.4 is 5.73 Å². The van der Waals surface area contributed by atoms with Gasteiger partial charge in [-0.25, -0.2) is 0 Å². The highest BCUT2D eigenvalue weighted by Crippen LogP contribution is 2.43. The Morgan fingerprint density at radius 2 is 1.68 bits per heavy atom. The smallest absolute Gasteiger partial charge is 0.0183 e. The fourth-order valence-electron chi connectivity index (χ4n) is 4.64. The Morgan fingerprint density at radius 3 is 2.26 bits per heavy atom. The molecular weight excluding hydrogens is 230 g/mol. The van der Waals surface area contributed by atoms with Gasteiger partial charge in [-0.15, -0.1) is 0 Å². The van der Waals surface area contributed by atoms with Gasteiger partial charge < -0.3 is 5.73 Å². The molecule has 2 N–H and O–H groups in total. The molecule has 19 heavy (non-hydrogen) atoms. The van der Waals surface area contributed by atoms with E-state index < -0.39 is 0 Å². The monoisotopic (exact) mass is 265 g/mol. The van der Waals surface area contributed by atoms with E-state index in [0.717, 1.165) is 23.7 Å². The molecule has 2 unspecified atom stereocenters. The lowest BCUT2D eigenvalue weighted by Crippen LogP contribution is -2.48. The summed E-state index contributed by atoms with van der Waals surface area (Å²) in [4.78, 5) is 0. The molecule has 0 aromatic rings. The van der Waals surface area contributed by atoms with Crippen molar-refractivity contribution >= 4 is 0 Å². The molecule has 0 aromatic heterocycles. The maximum Gasteiger partial charge on any atom is 0.0183 e. The molecule has 0 spiro atoms. The van der Waals surface area contributed by atoms with Gasteiger partial charge in [-0.1, -0.05) is 52.9 Å². The first-order valence-corrected chi connectivity index (χ1v) is 8.84. The fourth-order valence-corrected chi connectivity index (χ4v) is 4.64. The Balaban J connectivity index is 1.91. The van der Waals surface area contributed by atoms with Crippen LogP contribution in [0, 0.1) is 23.7 Å². The first kappa shape index (κ1) is 15.4. The van der Waals surface area contributed by atoms with Crippen LogP contribution in [0.4, 0.5) is 0 Å². The van der Waals surface area contributed by atoms with Gasteiger partial charge in [0.1, 0.15) is 0 Å². The number of rotatable bonds is 3. The molecule has 112 valence electrons. The van der Waals surface area contributed by atoms with Gasteiger partial charge in [0.2, 0.25) is 0 Å². The summed E-state index contributed by atoms with van der Waals surface area (Å²) in [6, 6.07) is 0. The van der Waals surface area contributed by atoms with Gasteiger partial charge in [0.05, 0.1) is 0 Å². The lowest BCUT2D eigenvalue weighted by molar-refractivity contribution is 0.152. The number of hydrogen-bond donors (Lipinski definition) is 1. The Labute approximate surface area is 120 Å². The van der Waals surface area contributed by atoms with Crippen LogP contribution in [0.15, 0.2) is 0 Å². The van der Waals surface area contributed by atoms with E-state index in [1.165, 1.54) is 64.2 Å². The molecule has 0 bridgehead atoms. The van der Waals surface area contributed by atoms with Gasteiger partial charge in [-0.05, 0) is 55.8 Å². The van der Waals surface area contributed by atoms with Gasteiger partial charge >= 0.3 is 0 Å². The third kappa shape index (κ3) is 3.74. The van der Waals surface area contributed by atoms with Crippen molar-refractivity contribution < 1.29 is 0 Å². The fraction of sp³-hybridized carbons (Fsp3) is 1.00. The summed E-state index contributed by atoms with van der Waals surface area (Å²) in [5, 5.41) is 0. The van der Waals surface area contributed by atoms with E-state index in [9.17, 15) is 0 Å². The minimum absolute atomic E-state index is 0.183. The molecular formula is C18H35N. The van der Waals surface area contributed by atoms with Crippen LogP contribution in [-0.4, -0.2) is 5.54 Å². The van der Waals surface area contributed by atoms with Gasteiger partial charge in [-0.3, -0.25) is 0 Å². The van der Waals surface area contributed by atoms with Crippen LogP contribution in [0.2, 0.25) is 0 Å². The van der Waals surface area contributed by atoms with Gasteiger partial charge in [0.25, 0.3) is 0 Å². The second kappa shape index (κ2) is 6.61. The van der Waals surface area contributed by atoms with E-state index >= 15 is 0 Å². The topological polar surface area (TPSA) is 26.0 Å². The summed E-state index contributed by atoms with van der Waals surface area (Å²) < 4.78 is 0. The predicted octanol–water partition coefficient (Wildman–Crippen LogP) is 5.14. The minimum Gasteiger partial charge on any atom is -0.325 e. The summed E-state index contributed by atoms with van der Waals surface area (Å²) in [5.41, 5.74) is 7.07. The molecule has 1 heteroatoms. The second-order valence-corrected chi connectivity index (χ2v) is 7.79. The first-order chi connectivity index (χ1) is 9.05. The third-order valence-corrected chi connectivity index (χ3v) is 6.38. The highest BCUT2D eigenvalue weighted by Gasteiger charge is 2.38. The lowest BCUT2D eigenvalue weighted by Gasteiger charge is -2.41. The van der Waals surface area contributed by atoms with Crippen molar-refractivity contribution in [2.45, 2.75) is 90.5 Å².